The number of primary amides is 1. The molecule has 1 amide bonds. The van der Waals surface area contributed by atoms with Crippen LogP contribution in [0.4, 0.5) is 0 Å². The van der Waals surface area contributed by atoms with E-state index in [0.717, 1.165) is 11.0 Å². The molecule has 0 bridgehead atoms. The van der Waals surface area contributed by atoms with Crippen molar-refractivity contribution < 1.29 is 17.9 Å². The van der Waals surface area contributed by atoms with Gasteiger partial charge >= 0.3 is 0 Å². The molecule has 1 fully saturated rings. The molecule has 120 valence electrons. The largest absolute Gasteiger partial charge is 0.381 e. The van der Waals surface area contributed by atoms with Gasteiger partial charge in [0, 0.05) is 25.2 Å². The minimum absolute atomic E-state index is 0.00679. The van der Waals surface area contributed by atoms with Crippen molar-refractivity contribution in [1.29, 1.82) is 0 Å². The maximum Gasteiger partial charge on any atom is 0.233 e. The molecule has 1 aliphatic rings. The molecule has 2 rings (SSSR count). The molecule has 22 heavy (non-hydrogen) atoms. The second-order valence-corrected chi connectivity index (χ2v) is 6.99. The Bertz CT molecular complexity index is 635. The Morgan fingerprint density at radius 2 is 1.91 bits per heavy atom. The van der Waals surface area contributed by atoms with E-state index in [-0.39, 0.29) is 6.54 Å². The number of nitrogens with one attached hydrogen (secondary N) is 1. The highest BCUT2D eigenvalue weighted by molar-refractivity contribution is 7.92. The average molecular weight is 324 g/mol. The molecule has 7 heteroatoms. The van der Waals surface area contributed by atoms with Crippen LogP contribution in [-0.4, -0.2) is 34.1 Å². The van der Waals surface area contributed by atoms with E-state index in [1.165, 1.54) is 6.08 Å². The van der Waals surface area contributed by atoms with Gasteiger partial charge in [-0.1, -0.05) is 30.3 Å². The number of benzene rings is 1. The van der Waals surface area contributed by atoms with Gasteiger partial charge in [0.05, 0.1) is 5.41 Å². The average Bonchev–Trinajstić information content (AvgIpc) is 2.53. The first-order valence-corrected chi connectivity index (χ1v) is 8.59. The number of amides is 1. The minimum Gasteiger partial charge on any atom is -0.381 e. The van der Waals surface area contributed by atoms with Gasteiger partial charge in [-0.25, -0.2) is 13.1 Å². The van der Waals surface area contributed by atoms with Crippen molar-refractivity contribution in [3.8, 4) is 0 Å². The number of carbonyl (C=O) groups is 1. The van der Waals surface area contributed by atoms with Crippen molar-refractivity contribution in [1.82, 2.24) is 4.72 Å². The molecule has 6 nitrogen and oxygen atoms in total. The summed E-state index contributed by atoms with van der Waals surface area (Å²) in [5.74, 6) is -0.495. The van der Waals surface area contributed by atoms with E-state index in [4.69, 9.17) is 10.5 Å². The predicted molar refractivity (Wildman–Crippen MR) is 84.1 cm³/mol. The van der Waals surface area contributed by atoms with Gasteiger partial charge in [-0.05, 0) is 24.5 Å². The number of ether oxygens (including phenoxy) is 1. The summed E-state index contributed by atoms with van der Waals surface area (Å²) in [6.07, 6.45) is 2.35. The normalized spacial score (nSPS) is 18.4. The maximum absolute atomic E-state index is 12.0. The topological polar surface area (TPSA) is 98.5 Å². The molecular weight excluding hydrogens is 304 g/mol. The fraction of sp³-hybridized carbons (Fsp3) is 0.400. The van der Waals surface area contributed by atoms with Crippen LogP contribution in [-0.2, 0) is 19.6 Å². The van der Waals surface area contributed by atoms with E-state index in [1.807, 2.05) is 18.2 Å². The van der Waals surface area contributed by atoms with E-state index < -0.39 is 21.3 Å². The molecule has 3 N–H and O–H groups in total. The zero-order valence-corrected chi connectivity index (χ0v) is 13.0. The summed E-state index contributed by atoms with van der Waals surface area (Å²) in [5.41, 5.74) is 5.36. The summed E-state index contributed by atoms with van der Waals surface area (Å²) in [6, 6.07) is 9.10. The Morgan fingerprint density at radius 1 is 1.27 bits per heavy atom. The fourth-order valence-electron chi connectivity index (χ4n) is 2.29. The van der Waals surface area contributed by atoms with Crippen molar-refractivity contribution in [3.05, 3.63) is 41.3 Å². The summed E-state index contributed by atoms with van der Waals surface area (Å²) >= 11 is 0. The predicted octanol–water partition coefficient (Wildman–Crippen LogP) is 0.859. The summed E-state index contributed by atoms with van der Waals surface area (Å²) in [5, 5.41) is 1.09. The summed E-state index contributed by atoms with van der Waals surface area (Å²) in [4.78, 5) is 11.7. The Balaban J connectivity index is 2.02. The zero-order valence-electron chi connectivity index (χ0n) is 12.2. The first-order valence-electron chi connectivity index (χ1n) is 7.04. The molecule has 0 saturated carbocycles. The molecule has 1 aromatic carbocycles. The number of carbonyl (C=O) groups excluding carboxylic acids is 1. The highest BCUT2D eigenvalue weighted by Crippen LogP contribution is 2.29. The van der Waals surface area contributed by atoms with Crippen LogP contribution in [0.2, 0.25) is 0 Å². The van der Waals surface area contributed by atoms with E-state index >= 15 is 0 Å². The van der Waals surface area contributed by atoms with Gasteiger partial charge < -0.3 is 10.5 Å². The Hall–Kier alpha value is -1.70. The second kappa shape index (κ2) is 7.04. The monoisotopic (exact) mass is 324 g/mol. The van der Waals surface area contributed by atoms with Gasteiger partial charge in [0.15, 0.2) is 0 Å². The maximum atomic E-state index is 12.0. The highest BCUT2D eigenvalue weighted by atomic mass is 32.2. The third-order valence-corrected chi connectivity index (χ3v) is 4.86. The molecule has 1 saturated heterocycles. The number of nitrogens with two attached hydrogens (primary N) is 1. The lowest BCUT2D eigenvalue weighted by molar-refractivity contribution is -0.132. The quantitative estimate of drug-likeness (QED) is 0.811. The van der Waals surface area contributed by atoms with Crippen LogP contribution < -0.4 is 10.5 Å². The zero-order chi connectivity index (χ0) is 16.1. The van der Waals surface area contributed by atoms with Gasteiger partial charge in [-0.2, -0.15) is 0 Å². The van der Waals surface area contributed by atoms with Gasteiger partial charge in [0.25, 0.3) is 0 Å². The molecule has 1 aliphatic heterocycles. The van der Waals surface area contributed by atoms with E-state index in [0.29, 0.717) is 26.1 Å². The van der Waals surface area contributed by atoms with Gasteiger partial charge in [-0.3, -0.25) is 4.79 Å². The highest BCUT2D eigenvalue weighted by Gasteiger charge is 2.39. The summed E-state index contributed by atoms with van der Waals surface area (Å²) in [7, 11) is -3.63. The van der Waals surface area contributed by atoms with Gasteiger partial charge in [0.1, 0.15) is 0 Å². The molecule has 0 aromatic heterocycles. The Kier molecular flexibility index (Phi) is 5.33. The Labute approximate surface area is 130 Å². The van der Waals surface area contributed by atoms with Crippen LogP contribution in [0.3, 0.4) is 0 Å². The lowest BCUT2D eigenvalue weighted by Crippen LogP contribution is -2.49. The van der Waals surface area contributed by atoms with Crippen LogP contribution in [0.5, 0.6) is 0 Å². The van der Waals surface area contributed by atoms with Crippen LogP contribution in [0.1, 0.15) is 18.4 Å². The molecule has 0 atom stereocenters. The first kappa shape index (κ1) is 16.7. The molecule has 0 radical (unpaired) electrons. The smallest absolute Gasteiger partial charge is 0.233 e. The third kappa shape index (κ3) is 4.40. The summed E-state index contributed by atoms with van der Waals surface area (Å²) in [6.45, 7) is 0.808. The molecule has 1 aromatic rings. The van der Waals surface area contributed by atoms with Crippen LogP contribution in [0.25, 0.3) is 6.08 Å². The van der Waals surface area contributed by atoms with E-state index in [1.54, 1.807) is 12.1 Å². The molecule has 0 spiro atoms. The first-order chi connectivity index (χ1) is 10.4. The van der Waals surface area contributed by atoms with Crippen LogP contribution in [0.15, 0.2) is 35.7 Å². The number of rotatable bonds is 6. The fourth-order valence-corrected chi connectivity index (χ4v) is 3.20. The SMILES string of the molecule is NC(=O)C1(CNS(=O)(=O)C=Cc2ccccc2)CCOCC1. The number of hydrogen-bond donors (Lipinski definition) is 2. The molecule has 1 heterocycles. The van der Waals surface area contributed by atoms with Crippen molar-refractivity contribution in [2.45, 2.75) is 12.8 Å². The third-order valence-electron chi connectivity index (χ3n) is 3.82. The molecule has 0 unspecified atom stereocenters. The second-order valence-electron chi connectivity index (χ2n) is 5.34. The van der Waals surface area contributed by atoms with Gasteiger partial charge in [-0.15, -0.1) is 0 Å². The summed E-state index contributed by atoms with van der Waals surface area (Å²) < 4.78 is 31.7. The van der Waals surface area contributed by atoms with Crippen LogP contribution in [0, 0.1) is 5.41 Å². The van der Waals surface area contributed by atoms with E-state index in [9.17, 15) is 13.2 Å². The van der Waals surface area contributed by atoms with E-state index in [2.05, 4.69) is 4.72 Å². The lowest BCUT2D eigenvalue weighted by Gasteiger charge is -2.33. The number of hydrogen-bond acceptors (Lipinski definition) is 4. The molecular formula is C15H20N2O4S. The minimum atomic E-state index is -3.63. The van der Waals surface area contributed by atoms with Gasteiger partial charge in [0.2, 0.25) is 15.9 Å². The lowest BCUT2D eigenvalue weighted by atomic mass is 9.80. The van der Waals surface area contributed by atoms with Crippen molar-refractivity contribution in [2.75, 3.05) is 19.8 Å². The number of sulfonamides is 1. The van der Waals surface area contributed by atoms with Crippen molar-refractivity contribution in [3.63, 3.8) is 0 Å². The van der Waals surface area contributed by atoms with Crippen molar-refractivity contribution in [2.24, 2.45) is 11.1 Å². The standard InChI is InChI=1S/C15H20N2O4S/c16-14(18)15(7-9-21-10-8-15)12-17-22(19,20)11-6-13-4-2-1-3-5-13/h1-6,11,17H,7-10,12H2,(H2,16,18). The van der Waals surface area contributed by atoms with Crippen LogP contribution >= 0.6 is 0 Å². The molecule has 0 aliphatic carbocycles. The Morgan fingerprint density at radius 3 is 2.50 bits per heavy atom. The van der Waals surface area contributed by atoms with Crippen molar-refractivity contribution >= 4 is 22.0 Å².